The van der Waals surface area contributed by atoms with Crippen molar-refractivity contribution in [3.05, 3.63) is 30.3 Å². The van der Waals surface area contributed by atoms with Crippen molar-refractivity contribution in [3.63, 3.8) is 0 Å². The quantitative estimate of drug-likeness (QED) is 0.683. The first-order valence-corrected chi connectivity index (χ1v) is 8.37. The van der Waals surface area contributed by atoms with Crippen molar-refractivity contribution in [2.45, 2.75) is 38.9 Å². The van der Waals surface area contributed by atoms with Gasteiger partial charge in [0.1, 0.15) is 0 Å². The monoisotopic (exact) mass is 302 g/mol. The van der Waals surface area contributed by atoms with Crippen LogP contribution < -0.4 is 5.30 Å². The molecule has 5 nitrogen and oxygen atoms in total. The van der Waals surface area contributed by atoms with Gasteiger partial charge in [0, 0.05) is 0 Å². The van der Waals surface area contributed by atoms with Gasteiger partial charge in [-0.3, -0.25) is 4.57 Å². The zero-order valence-electron chi connectivity index (χ0n) is 11.9. The zero-order chi connectivity index (χ0) is 15.0. The van der Waals surface area contributed by atoms with Crippen LogP contribution in [0, 0.1) is 0 Å². The summed E-state index contributed by atoms with van der Waals surface area (Å²) in [5, 5.41) is 19.5. The molecule has 2 N–H and O–H groups in total. The number of hydrogen-bond donors (Lipinski definition) is 2. The fourth-order valence-electron chi connectivity index (χ4n) is 1.40. The van der Waals surface area contributed by atoms with Crippen LogP contribution in [0.15, 0.2) is 30.3 Å². The molecule has 0 radical (unpaired) electrons. The average molecular weight is 302 g/mol. The van der Waals surface area contributed by atoms with Crippen molar-refractivity contribution >= 4 is 12.9 Å². The number of hydrogen-bond acceptors (Lipinski definition) is 5. The maximum Gasteiger partial charge on any atom is 0.361 e. The van der Waals surface area contributed by atoms with E-state index in [0.29, 0.717) is 18.1 Å². The summed E-state index contributed by atoms with van der Waals surface area (Å²) in [7, 11) is -3.53. The lowest BCUT2D eigenvalue weighted by Crippen LogP contribution is -2.21. The molecule has 0 heterocycles. The molecule has 2 unspecified atom stereocenters. The van der Waals surface area contributed by atoms with E-state index in [1.54, 1.807) is 30.3 Å². The lowest BCUT2D eigenvalue weighted by Gasteiger charge is -2.21. The molecule has 1 aromatic carbocycles. The minimum Gasteiger partial charge on any atom is -0.391 e. The molecule has 6 heteroatoms. The van der Waals surface area contributed by atoms with Crippen LogP contribution in [-0.2, 0) is 13.6 Å². The van der Waals surface area contributed by atoms with Crippen LogP contribution in [0.1, 0.15) is 26.7 Å². The normalized spacial score (nSPS) is 17.4. The summed E-state index contributed by atoms with van der Waals surface area (Å²) in [6.45, 7) is 3.49. The third-order valence-electron chi connectivity index (χ3n) is 2.89. The Kier molecular flexibility index (Phi) is 7.41. The standard InChI is InChI=1S/C14H23O5P/c1-3-12(15)10-18-20(17,19-11-13(16)4-2)14-8-6-5-7-9-14/h5-9,12-13,15-16H,3-4,10-11H2,1-2H3. The molecule has 0 aliphatic heterocycles. The molecular formula is C14H23O5P. The van der Waals surface area contributed by atoms with Crippen LogP contribution >= 0.6 is 7.60 Å². The van der Waals surface area contributed by atoms with Crippen LogP contribution in [0.5, 0.6) is 0 Å². The van der Waals surface area contributed by atoms with Crippen molar-refractivity contribution in [1.82, 2.24) is 0 Å². The van der Waals surface area contributed by atoms with Crippen LogP contribution in [0.2, 0.25) is 0 Å². The summed E-state index contributed by atoms with van der Waals surface area (Å²) < 4.78 is 23.5. The maximum atomic E-state index is 12.8. The first-order chi connectivity index (χ1) is 9.51. The fraction of sp³-hybridized carbons (Fsp3) is 0.571. The van der Waals surface area contributed by atoms with Gasteiger partial charge in [-0.05, 0) is 25.0 Å². The Morgan fingerprint density at radius 1 is 1.00 bits per heavy atom. The SMILES string of the molecule is CCC(O)COP(=O)(OCC(O)CC)c1ccccc1. The summed E-state index contributed by atoms with van der Waals surface area (Å²) in [6, 6.07) is 8.58. The summed E-state index contributed by atoms with van der Waals surface area (Å²) in [6.07, 6.45) is -0.364. The van der Waals surface area contributed by atoms with Crippen molar-refractivity contribution < 1.29 is 23.8 Å². The summed E-state index contributed by atoms with van der Waals surface area (Å²) in [4.78, 5) is 0. The van der Waals surface area contributed by atoms with Gasteiger partial charge in [0.05, 0.1) is 30.7 Å². The van der Waals surface area contributed by atoms with Gasteiger partial charge in [0.25, 0.3) is 0 Å². The lowest BCUT2D eigenvalue weighted by molar-refractivity contribution is 0.0699. The van der Waals surface area contributed by atoms with E-state index in [0.717, 1.165) is 0 Å². The molecule has 0 amide bonds. The largest absolute Gasteiger partial charge is 0.391 e. The summed E-state index contributed by atoms with van der Waals surface area (Å²) in [5.74, 6) is 0. The van der Waals surface area contributed by atoms with Crippen molar-refractivity contribution in [2.24, 2.45) is 0 Å². The predicted molar refractivity (Wildman–Crippen MR) is 78.2 cm³/mol. The smallest absolute Gasteiger partial charge is 0.361 e. The average Bonchev–Trinajstić information content (AvgIpc) is 2.51. The Balaban J connectivity index is 2.80. The maximum absolute atomic E-state index is 12.8. The molecular weight excluding hydrogens is 279 g/mol. The zero-order valence-corrected chi connectivity index (χ0v) is 12.8. The molecule has 0 saturated carbocycles. The Morgan fingerprint density at radius 2 is 1.45 bits per heavy atom. The summed E-state index contributed by atoms with van der Waals surface area (Å²) >= 11 is 0. The van der Waals surface area contributed by atoms with Gasteiger partial charge in [0.15, 0.2) is 0 Å². The van der Waals surface area contributed by atoms with Gasteiger partial charge in [-0.15, -0.1) is 0 Å². The van der Waals surface area contributed by atoms with Gasteiger partial charge in [0.2, 0.25) is 0 Å². The highest BCUT2D eigenvalue weighted by Gasteiger charge is 2.29. The van der Waals surface area contributed by atoms with Gasteiger partial charge in [-0.25, -0.2) is 0 Å². The molecule has 1 aromatic rings. The van der Waals surface area contributed by atoms with E-state index in [-0.39, 0.29) is 13.2 Å². The molecule has 0 fully saturated rings. The molecule has 0 aromatic heterocycles. The molecule has 0 aliphatic carbocycles. The first kappa shape index (κ1) is 17.3. The molecule has 0 aliphatic rings. The third-order valence-corrected chi connectivity index (χ3v) is 4.80. The Labute approximate surface area is 120 Å². The second-order valence-corrected chi connectivity index (χ2v) is 6.58. The number of aliphatic hydroxyl groups excluding tert-OH is 2. The second kappa shape index (κ2) is 8.55. The highest BCUT2D eigenvalue weighted by molar-refractivity contribution is 7.62. The van der Waals surface area contributed by atoms with E-state index in [4.69, 9.17) is 9.05 Å². The van der Waals surface area contributed by atoms with Crippen molar-refractivity contribution in [1.29, 1.82) is 0 Å². The van der Waals surface area contributed by atoms with E-state index in [9.17, 15) is 14.8 Å². The highest BCUT2D eigenvalue weighted by atomic mass is 31.2. The predicted octanol–water partition coefficient (Wildman–Crippen LogP) is 2.08. The van der Waals surface area contributed by atoms with Gasteiger partial charge < -0.3 is 19.3 Å². The van der Waals surface area contributed by atoms with Crippen LogP contribution in [0.3, 0.4) is 0 Å². The van der Waals surface area contributed by atoms with Gasteiger partial charge in [-0.2, -0.15) is 0 Å². The van der Waals surface area contributed by atoms with Gasteiger partial charge in [-0.1, -0.05) is 32.0 Å². The molecule has 0 bridgehead atoms. The molecule has 1 rings (SSSR count). The van der Waals surface area contributed by atoms with E-state index >= 15 is 0 Å². The van der Waals surface area contributed by atoms with Crippen LogP contribution in [-0.4, -0.2) is 35.6 Å². The van der Waals surface area contributed by atoms with E-state index in [2.05, 4.69) is 0 Å². The molecule has 0 spiro atoms. The topological polar surface area (TPSA) is 76.0 Å². The van der Waals surface area contributed by atoms with Crippen LogP contribution in [0.4, 0.5) is 0 Å². The molecule has 114 valence electrons. The first-order valence-electron chi connectivity index (χ1n) is 6.82. The number of rotatable bonds is 9. The van der Waals surface area contributed by atoms with Crippen molar-refractivity contribution in [3.8, 4) is 0 Å². The molecule has 2 atom stereocenters. The fourth-order valence-corrected chi connectivity index (χ4v) is 3.05. The van der Waals surface area contributed by atoms with E-state index in [1.165, 1.54) is 0 Å². The highest BCUT2D eigenvalue weighted by Crippen LogP contribution is 2.47. The summed E-state index contributed by atoms with van der Waals surface area (Å²) in [5.41, 5.74) is 0. The Hall–Kier alpha value is -0.710. The Bertz CT molecular complexity index is 405. The van der Waals surface area contributed by atoms with E-state index < -0.39 is 19.8 Å². The number of aliphatic hydroxyl groups is 2. The van der Waals surface area contributed by atoms with Gasteiger partial charge >= 0.3 is 7.60 Å². The van der Waals surface area contributed by atoms with Crippen LogP contribution in [0.25, 0.3) is 0 Å². The van der Waals surface area contributed by atoms with E-state index in [1.807, 2.05) is 13.8 Å². The van der Waals surface area contributed by atoms with Crippen molar-refractivity contribution in [2.75, 3.05) is 13.2 Å². The molecule has 0 saturated heterocycles. The lowest BCUT2D eigenvalue weighted by atomic mass is 10.3. The minimum atomic E-state index is -3.53. The third kappa shape index (κ3) is 5.35. The number of benzene rings is 1. The minimum absolute atomic E-state index is 0.0646. The molecule has 20 heavy (non-hydrogen) atoms. The second-order valence-electron chi connectivity index (χ2n) is 4.55. The Morgan fingerprint density at radius 3 is 1.85 bits per heavy atom.